The van der Waals surface area contributed by atoms with Crippen LogP contribution in [-0.4, -0.2) is 54.1 Å². The fourth-order valence-electron chi connectivity index (χ4n) is 3.89. The van der Waals surface area contributed by atoms with Gasteiger partial charge < -0.3 is 19.9 Å². The van der Waals surface area contributed by atoms with Gasteiger partial charge in [-0.1, -0.05) is 36.4 Å². The van der Waals surface area contributed by atoms with Gasteiger partial charge in [0.25, 0.3) is 0 Å². The maximum atomic E-state index is 6.05. The van der Waals surface area contributed by atoms with E-state index in [1.165, 1.54) is 11.1 Å². The van der Waals surface area contributed by atoms with Crippen LogP contribution in [0.5, 0.6) is 0 Å². The second kappa shape index (κ2) is 10.8. The number of nitrogens with one attached hydrogen (secondary N) is 2. The van der Waals surface area contributed by atoms with Gasteiger partial charge in [0.15, 0.2) is 5.96 Å². The van der Waals surface area contributed by atoms with E-state index in [1.807, 2.05) is 25.2 Å². The van der Waals surface area contributed by atoms with Crippen LogP contribution in [0.15, 0.2) is 53.5 Å². The third kappa shape index (κ3) is 5.31. The van der Waals surface area contributed by atoms with Crippen LogP contribution in [0, 0.1) is 6.92 Å². The molecule has 0 radical (unpaired) electrons. The van der Waals surface area contributed by atoms with Crippen LogP contribution in [0.25, 0.3) is 11.0 Å². The van der Waals surface area contributed by atoms with Crippen molar-refractivity contribution in [1.29, 1.82) is 0 Å². The molecule has 7 heteroatoms. The highest BCUT2D eigenvalue weighted by Crippen LogP contribution is 2.25. The van der Waals surface area contributed by atoms with Crippen LogP contribution in [0.2, 0.25) is 0 Å². The second-order valence-corrected chi connectivity index (χ2v) is 7.44. The summed E-state index contributed by atoms with van der Waals surface area (Å²) in [6, 6.07) is 16.6. The van der Waals surface area contributed by atoms with Crippen LogP contribution in [0.4, 0.5) is 0 Å². The number of guanidine groups is 1. The van der Waals surface area contributed by atoms with E-state index < -0.39 is 0 Å². The van der Waals surface area contributed by atoms with Gasteiger partial charge in [-0.2, -0.15) is 0 Å². The van der Waals surface area contributed by atoms with Crippen molar-refractivity contribution in [1.82, 2.24) is 20.2 Å². The highest BCUT2D eigenvalue weighted by Gasteiger charge is 2.24. The van der Waals surface area contributed by atoms with Crippen LogP contribution in [-0.2, 0) is 11.2 Å². The van der Waals surface area contributed by atoms with Crippen molar-refractivity contribution >= 4 is 41.0 Å². The first-order valence-corrected chi connectivity index (χ1v) is 10.3. The molecule has 2 aromatic carbocycles. The summed E-state index contributed by atoms with van der Waals surface area (Å²) in [5, 5.41) is 3.51. The van der Waals surface area contributed by atoms with Gasteiger partial charge in [-0.15, -0.1) is 24.0 Å². The standard InChI is InChI=1S/C23H29N5O.HI/c1-17-8-3-4-9-18(17)21-16-28(14-15-29-21)23(24-2)25-13-7-12-22-26-19-10-5-6-11-20(19)27-22;/h3-6,8-11,21H,7,12-16H2,1-2H3,(H,24,25)(H,26,27);1H. The van der Waals surface area contributed by atoms with Gasteiger partial charge in [0.05, 0.1) is 24.2 Å². The summed E-state index contributed by atoms with van der Waals surface area (Å²) in [4.78, 5) is 14.8. The first-order chi connectivity index (χ1) is 14.2. The van der Waals surface area contributed by atoms with Gasteiger partial charge in [-0.3, -0.25) is 4.99 Å². The molecule has 1 atom stereocenters. The molecule has 0 aliphatic carbocycles. The minimum absolute atomic E-state index is 0. The first-order valence-electron chi connectivity index (χ1n) is 10.3. The molecule has 160 valence electrons. The average molecular weight is 519 g/mol. The number of aromatic amines is 1. The molecule has 2 N–H and O–H groups in total. The highest BCUT2D eigenvalue weighted by atomic mass is 127. The number of ether oxygens (including phenoxy) is 1. The van der Waals surface area contributed by atoms with E-state index in [0.717, 1.165) is 55.3 Å². The lowest BCUT2D eigenvalue weighted by Crippen LogP contribution is -2.48. The molecule has 0 bridgehead atoms. The predicted octanol–water partition coefficient (Wildman–Crippen LogP) is 4.07. The molecule has 6 nitrogen and oxygen atoms in total. The van der Waals surface area contributed by atoms with Crippen LogP contribution in [0.1, 0.15) is 29.5 Å². The molecule has 3 aromatic rings. The Morgan fingerprint density at radius 3 is 2.83 bits per heavy atom. The van der Waals surface area contributed by atoms with Gasteiger partial charge in [-0.25, -0.2) is 4.98 Å². The summed E-state index contributed by atoms with van der Waals surface area (Å²) in [5.41, 5.74) is 4.66. The number of imidazole rings is 1. The lowest BCUT2D eigenvalue weighted by Gasteiger charge is -2.35. The Hall–Kier alpha value is -2.13. The Morgan fingerprint density at radius 1 is 1.23 bits per heavy atom. The number of para-hydroxylation sites is 2. The summed E-state index contributed by atoms with van der Waals surface area (Å²) in [7, 11) is 1.85. The number of aromatic nitrogens is 2. The molecule has 4 rings (SSSR count). The minimum atomic E-state index is 0. The first kappa shape index (κ1) is 22.6. The lowest BCUT2D eigenvalue weighted by atomic mass is 10.0. The number of nitrogens with zero attached hydrogens (tertiary/aromatic N) is 3. The number of hydrogen-bond donors (Lipinski definition) is 2. The van der Waals surface area contributed by atoms with Gasteiger partial charge >= 0.3 is 0 Å². The van der Waals surface area contributed by atoms with E-state index in [-0.39, 0.29) is 30.1 Å². The fourth-order valence-corrected chi connectivity index (χ4v) is 3.89. The fraction of sp³-hybridized carbons (Fsp3) is 0.391. The molecule has 1 aliphatic rings. The van der Waals surface area contributed by atoms with E-state index in [1.54, 1.807) is 0 Å². The number of H-pyrrole nitrogens is 1. The number of aliphatic imine (C=N–C) groups is 1. The molecule has 30 heavy (non-hydrogen) atoms. The summed E-state index contributed by atoms with van der Waals surface area (Å²) in [6.07, 6.45) is 1.98. The van der Waals surface area contributed by atoms with Gasteiger partial charge in [0.2, 0.25) is 0 Å². The summed E-state index contributed by atoms with van der Waals surface area (Å²) < 4.78 is 6.05. The second-order valence-electron chi connectivity index (χ2n) is 7.44. The largest absolute Gasteiger partial charge is 0.370 e. The van der Waals surface area contributed by atoms with Crippen molar-refractivity contribution in [3.8, 4) is 0 Å². The zero-order chi connectivity index (χ0) is 20.1. The Labute approximate surface area is 195 Å². The third-order valence-corrected chi connectivity index (χ3v) is 5.43. The van der Waals surface area contributed by atoms with E-state index in [4.69, 9.17) is 4.74 Å². The number of hydrogen-bond acceptors (Lipinski definition) is 3. The molecular formula is C23H30IN5O. The van der Waals surface area contributed by atoms with Gasteiger partial charge in [0, 0.05) is 26.6 Å². The molecule has 1 fully saturated rings. The third-order valence-electron chi connectivity index (χ3n) is 5.43. The molecule has 0 spiro atoms. The molecular weight excluding hydrogens is 489 g/mol. The van der Waals surface area contributed by atoms with E-state index in [0.29, 0.717) is 6.61 Å². The maximum absolute atomic E-state index is 6.05. The van der Waals surface area contributed by atoms with Crippen molar-refractivity contribution in [2.24, 2.45) is 4.99 Å². The molecule has 1 saturated heterocycles. The number of morpholine rings is 1. The summed E-state index contributed by atoms with van der Waals surface area (Å²) in [6.45, 7) is 5.37. The summed E-state index contributed by atoms with van der Waals surface area (Å²) in [5.74, 6) is 1.98. The molecule has 1 unspecified atom stereocenters. The van der Waals surface area contributed by atoms with E-state index in [2.05, 4.69) is 62.4 Å². The van der Waals surface area contributed by atoms with Crippen LogP contribution >= 0.6 is 24.0 Å². The van der Waals surface area contributed by atoms with Crippen molar-refractivity contribution < 1.29 is 4.74 Å². The minimum Gasteiger partial charge on any atom is -0.370 e. The zero-order valence-electron chi connectivity index (χ0n) is 17.6. The van der Waals surface area contributed by atoms with Gasteiger partial charge in [-0.05, 0) is 36.6 Å². The Morgan fingerprint density at radius 2 is 2.03 bits per heavy atom. The Kier molecular flexibility index (Phi) is 8.09. The molecule has 0 amide bonds. The summed E-state index contributed by atoms with van der Waals surface area (Å²) >= 11 is 0. The Balaban J connectivity index is 0.00000256. The normalized spacial score (nSPS) is 17.1. The molecule has 0 saturated carbocycles. The number of aryl methyl sites for hydroxylation is 2. The maximum Gasteiger partial charge on any atom is 0.193 e. The predicted molar refractivity (Wildman–Crippen MR) is 133 cm³/mol. The topological polar surface area (TPSA) is 65.5 Å². The SMILES string of the molecule is CN=C(NCCCc1nc2ccccc2[nH]1)N1CCOC(c2ccccc2C)C1.I. The molecule has 1 aromatic heterocycles. The number of halogens is 1. The lowest BCUT2D eigenvalue weighted by molar-refractivity contribution is -0.00830. The van der Waals surface area contributed by atoms with Crippen molar-refractivity contribution in [2.75, 3.05) is 33.3 Å². The monoisotopic (exact) mass is 519 g/mol. The van der Waals surface area contributed by atoms with E-state index in [9.17, 15) is 0 Å². The zero-order valence-corrected chi connectivity index (χ0v) is 19.9. The smallest absolute Gasteiger partial charge is 0.193 e. The molecule has 2 heterocycles. The number of rotatable bonds is 5. The van der Waals surface area contributed by atoms with Crippen LogP contribution < -0.4 is 5.32 Å². The number of fused-ring (bicyclic) bond motifs is 1. The van der Waals surface area contributed by atoms with Gasteiger partial charge in [0.1, 0.15) is 11.9 Å². The van der Waals surface area contributed by atoms with Crippen LogP contribution in [0.3, 0.4) is 0 Å². The quantitative estimate of drug-likeness (QED) is 0.231. The Bertz CT molecular complexity index is 953. The van der Waals surface area contributed by atoms with E-state index >= 15 is 0 Å². The molecule has 1 aliphatic heterocycles. The van der Waals surface area contributed by atoms with Crippen molar-refractivity contribution in [3.05, 3.63) is 65.5 Å². The number of benzene rings is 2. The van der Waals surface area contributed by atoms with Crippen molar-refractivity contribution in [2.45, 2.75) is 25.9 Å². The van der Waals surface area contributed by atoms with Crippen molar-refractivity contribution in [3.63, 3.8) is 0 Å². The highest BCUT2D eigenvalue weighted by molar-refractivity contribution is 14.0. The average Bonchev–Trinajstić information content (AvgIpc) is 3.17.